The van der Waals surface area contributed by atoms with Gasteiger partial charge in [0.15, 0.2) is 5.82 Å². The van der Waals surface area contributed by atoms with Crippen LogP contribution in [0.1, 0.15) is 211 Å². The lowest BCUT2D eigenvalue weighted by Gasteiger charge is -2.16. The van der Waals surface area contributed by atoms with Crippen LogP contribution >= 0.6 is 11.3 Å². The number of rotatable bonds is 0. The van der Waals surface area contributed by atoms with E-state index in [4.69, 9.17) is 13.5 Å². The smallest absolute Gasteiger partial charge is 0.232 e. The predicted octanol–water partition coefficient (Wildman–Crippen LogP) is 12.3. The molecule has 10 heteroatoms. The molecule has 0 N–H and O–H groups in total. The highest BCUT2D eigenvalue weighted by Gasteiger charge is 2.28. The molecular formula is C42H74N6O3S. The predicted molar refractivity (Wildman–Crippen MR) is 217 cm³/mol. The zero-order valence-corrected chi connectivity index (χ0v) is 38.3. The monoisotopic (exact) mass is 743 g/mol. The number of hydrogen-bond donors (Lipinski definition) is 0. The van der Waals surface area contributed by atoms with Crippen LogP contribution in [0.3, 0.4) is 0 Å². The SMILES string of the molecule is CC(C)(C)c1cc(C(C)(C)C)on1.CC(C)(C)c1cnc(C(C)(C)C)s1.CC(C)(C)c1nnc(C(C)(C)C)o1.CC(C)(C)c1noc(C(C)(C)C)n1. The van der Waals surface area contributed by atoms with Crippen molar-refractivity contribution in [3.05, 3.63) is 57.1 Å². The second-order valence-corrected chi connectivity index (χ2v) is 23.0. The lowest BCUT2D eigenvalue weighted by atomic mass is 9.88. The molecule has 0 atom stereocenters. The van der Waals surface area contributed by atoms with Gasteiger partial charge < -0.3 is 13.5 Å². The molecule has 0 saturated carbocycles. The summed E-state index contributed by atoms with van der Waals surface area (Å²) in [5, 5.41) is 17.4. The van der Waals surface area contributed by atoms with Crippen molar-refractivity contribution in [3.8, 4) is 0 Å². The highest BCUT2D eigenvalue weighted by molar-refractivity contribution is 7.11. The Kier molecular flexibility index (Phi) is 14.7. The summed E-state index contributed by atoms with van der Waals surface area (Å²) >= 11 is 1.84. The first-order valence-corrected chi connectivity index (χ1v) is 19.3. The van der Waals surface area contributed by atoms with E-state index in [0.717, 1.165) is 17.3 Å². The first-order chi connectivity index (χ1) is 22.8. The van der Waals surface area contributed by atoms with E-state index in [2.05, 4.69) is 203 Å². The summed E-state index contributed by atoms with van der Waals surface area (Å²) in [7, 11) is 0. The topological polar surface area (TPSA) is 117 Å². The molecule has 52 heavy (non-hydrogen) atoms. The zero-order valence-electron chi connectivity index (χ0n) is 37.5. The maximum atomic E-state index is 5.59. The van der Waals surface area contributed by atoms with Crippen molar-refractivity contribution in [2.75, 3.05) is 0 Å². The molecule has 0 aromatic carbocycles. The lowest BCUT2D eigenvalue weighted by Crippen LogP contribution is -2.15. The van der Waals surface area contributed by atoms with Crippen molar-refractivity contribution >= 4 is 11.3 Å². The molecule has 0 radical (unpaired) electrons. The van der Waals surface area contributed by atoms with Crippen molar-refractivity contribution in [3.63, 3.8) is 0 Å². The van der Waals surface area contributed by atoms with Gasteiger partial charge in [0.2, 0.25) is 17.7 Å². The molecule has 0 aliphatic heterocycles. The Hall–Kier alpha value is -2.88. The fourth-order valence-electron chi connectivity index (χ4n) is 3.61. The van der Waals surface area contributed by atoms with Crippen LogP contribution in [0, 0.1) is 0 Å². The zero-order chi connectivity index (χ0) is 41.1. The molecule has 0 bridgehead atoms. The second-order valence-electron chi connectivity index (χ2n) is 21.9. The quantitative estimate of drug-likeness (QED) is 0.173. The number of nitrogens with zero attached hydrogens (tertiary/aromatic N) is 6. The van der Waals surface area contributed by atoms with E-state index in [1.807, 2.05) is 17.5 Å². The van der Waals surface area contributed by atoms with Gasteiger partial charge in [-0.25, -0.2) is 4.98 Å². The fraction of sp³-hybridized carbons (Fsp3) is 0.762. The highest BCUT2D eigenvalue weighted by atomic mass is 32.1. The molecule has 296 valence electrons. The molecular weight excluding hydrogens is 669 g/mol. The molecule has 4 aromatic rings. The summed E-state index contributed by atoms with van der Waals surface area (Å²) in [6.07, 6.45) is 2.02. The molecule has 0 amide bonds. The summed E-state index contributed by atoms with van der Waals surface area (Å²) < 4.78 is 16.1. The van der Waals surface area contributed by atoms with E-state index in [-0.39, 0.29) is 43.3 Å². The summed E-state index contributed by atoms with van der Waals surface area (Å²) in [4.78, 5) is 10.2. The number of hydrogen-bond acceptors (Lipinski definition) is 10. The highest BCUT2D eigenvalue weighted by Crippen LogP contribution is 2.33. The van der Waals surface area contributed by atoms with Crippen LogP contribution in [-0.4, -0.2) is 30.5 Å². The summed E-state index contributed by atoms with van der Waals surface area (Å²) in [5.41, 5.74) is 1.37. The van der Waals surface area contributed by atoms with Crippen LogP contribution in [0.5, 0.6) is 0 Å². The molecule has 0 aliphatic rings. The van der Waals surface area contributed by atoms with E-state index >= 15 is 0 Å². The van der Waals surface area contributed by atoms with Gasteiger partial charge in [0.05, 0.1) is 10.7 Å². The van der Waals surface area contributed by atoms with Gasteiger partial charge in [-0.05, 0) is 5.41 Å². The average Bonchev–Trinajstić information content (AvgIpc) is 3.72. The van der Waals surface area contributed by atoms with Crippen LogP contribution in [0.25, 0.3) is 0 Å². The minimum Gasteiger partial charge on any atom is -0.424 e. The van der Waals surface area contributed by atoms with E-state index in [1.54, 1.807) is 0 Å². The van der Waals surface area contributed by atoms with Crippen molar-refractivity contribution in [2.45, 2.75) is 209 Å². The van der Waals surface area contributed by atoms with Gasteiger partial charge in [-0.15, -0.1) is 21.5 Å². The van der Waals surface area contributed by atoms with E-state index in [9.17, 15) is 0 Å². The fourth-order valence-corrected chi connectivity index (χ4v) is 4.64. The van der Waals surface area contributed by atoms with Crippen LogP contribution in [0.4, 0.5) is 0 Å². The van der Waals surface area contributed by atoms with Gasteiger partial charge >= 0.3 is 0 Å². The summed E-state index contributed by atoms with van der Waals surface area (Å²) in [6, 6.07) is 2.06. The molecule has 4 rings (SSSR count). The Bertz CT molecular complexity index is 1290. The lowest BCUT2D eigenvalue weighted by molar-refractivity contribution is 0.314. The van der Waals surface area contributed by atoms with Crippen LogP contribution in [0.15, 0.2) is 25.7 Å². The Morgan fingerprint density at radius 3 is 1.13 bits per heavy atom. The van der Waals surface area contributed by atoms with Gasteiger partial charge in [-0.1, -0.05) is 176 Å². The normalized spacial score (nSPS) is 13.4. The van der Waals surface area contributed by atoms with Crippen molar-refractivity contribution < 1.29 is 13.5 Å². The van der Waals surface area contributed by atoms with Crippen molar-refractivity contribution in [2.24, 2.45) is 0 Å². The van der Waals surface area contributed by atoms with E-state index in [1.165, 1.54) is 9.88 Å². The Balaban J connectivity index is 0.000000347. The number of thiazole rings is 1. The molecule has 4 aromatic heterocycles. The van der Waals surface area contributed by atoms with Crippen molar-refractivity contribution in [1.82, 2.24) is 30.5 Å². The molecule has 0 fully saturated rings. The van der Waals surface area contributed by atoms with E-state index in [0.29, 0.717) is 17.7 Å². The molecule has 0 spiro atoms. The van der Waals surface area contributed by atoms with Gasteiger partial charge in [0.1, 0.15) is 5.76 Å². The first-order valence-electron chi connectivity index (χ1n) is 18.5. The summed E-state index contributed by atoms with van der Waals surface area (Å²) in [5.74, 6) is 3.85. The van der Waals surface area contributed by atoms with Crippen LogP contribution in [-0.2, 0) is 43.3 Å². The third-order valence-corrected chi connectivity index (χ3v) is 9.20. The maximum Gasteiger partial charge on any atom is 0.232 e. The van der Waals surface area contributed by atoms with Gasteiger partial charge in [-0.3, -0.25) is 0 Å². The third-order valence-electron chi connectivity index (χ3n) is 7.35. The molecule has 0 saturated heterocycles. The molecule has 4 heterocycles. The maximum absolute atomic E-state index is 5.59. The summed E-state index contributed by atoms with van der Waals surface area (Å²) in [6.45, 7) is 50.9. The molecule has 9 nitrogen and oxygen atoms in total. The average molecular weight is 743 g/mol. The Morgan fingerprint density at radius 2 is 0.923 bits per heavy atom. The Morgan fingerprint density at radius 1 is 0.462 bits per heavy atom. The van der Waals surface area contributed by atoms with Crippen molar-refractivity contribution in [1.29, 1.82) is 0 Å². The first kappa shape index (κ1) is 47.1. The van der Waals surface area contributed by atoms with Crippen LogP contribution in [0.2, 0.25) is 0 Å². The minimum atomic E-state index is -0.0590. The van der Waals surface area contributed by atoms with E-state index < -0.39 is 0 Å². The largest absolute Gasteiger partial charge is 0.424 e. The van der Waals surface area contributed by atoms with Crippen LogP contribution < -0.4 is 0 Å². The standard InChI is InChI=1S/C11H19NO.C11H19NS.2C10H18N2O/c1-10(2,3)8-7-9(13-12-8)11(4,5)6;1-10(2,3)8-7-12-9(13-8)11(4,5)6;1-9(2,3)7-11-12-8(13-7)10(4,5)6;1-9(2,3)7-11-8(13-12-7)10(4,5)6/h2*7H,1-6H3;2*1-6H3. The minimum absolute atomic E-state index is 0.0347. The second kappa shape index (κ2) is 16.2. The molecule has 0 aliphatic carbocycles. The Labute approximate surface area is 321 Å². The number of aromatic nitrogens is 6. The van der Waals surface area contributed by atoms with Gasteiger partial charge in [0.25, 0.3) is 0 Å². The molecule has 0 unspecified atom stereocenters. The van der Waals surface area contributed by atoms with Gasteiger partial charge in [-0.2, -0.15) is 4.98 Å². The van der Waals surface area contributed by atoms with Gasteiger partial charge in [0, 0.05) is 55.0 Å². The third kappa shape index (κ3) is 15.2.